The third-order valence-corrected chi connectivity index (χ3v) is 8.40. The smallest absolute Gasteiger partial charge is 0.332 e. The molecule has 0 aliphatic carbocycles. The van der Waals surface area contributed by atoms with Crippen LogP contribution in [0, 0.1) is 0 Å². The summed E-state index contributed by atoms with van der Waals surface area (Å²) in [4.78, 5) is 27.5. The molecular weight excluding hydrogens is 598 g/mol. The number of benzene rings is 1. The number of piperazine rings is 1. The van der Waals surface area contributed by atoms with Crippen LogP contribution in [0.2, 0.25) is 0 Å². The predicted octanol–water partition coefficient (Wildman–Crippen LogP) is 4.10. The quantitative estimate of drug-likeness (QED) is 0.266. The van der Waals surface area contributed by atoms with E-state index in [2.05, 4.69) is 39.4 Å². The molecule has 1 saturated heterocycles. The van der Waals surface area contributed by atoms with Gasteiger partial charge in [-0.25, -0.2) is 13.4 Å². The minimum Gasteiger partial charge on any atom is -0.364 e. The molecule has 0 radical (unpaired) electrons. The Balaban J connectivity index is 0.00000484. The van der Waals surface area contributed by atoms with E-state index in [-0.39, 0.29) is 21.8 Å². The predicted molar refractivity (Wildman–Crippen MR) is 174 cm³/mol. The molecular formula is C27H42N6O6P2S. The van der Waals surface area contributed by atoms with Crippen molar-refractivity contribution in [2.75, 3.05) is 73.8 Å². The standard InChI is InChI=1S/C27H39N6O6PS.H3P/c1-6-38-40(37-4)39-17-16-33(20(2)3)25-8-7-11-28-26(25)31-12-14-32(15-13-31)27(34)24-19-21-18-22(30-41(5,35)36)9-10-23(21)29-24;/h7-11,18-20,29-30H,6,12-17H2,1-5H3;1H3. The van der Waals surface area contributed by atoms with Crippen LogP contribution in [0.4, 0.5) is 17.2 Å². The average Bonchev–Trinajstić information content (AvgIpc) is 3.37. The number of carbonyl (C=O) groups is 1. The second kappa shape index (κ2) is 15.3. The van der Waals surface area contributed by atoms with Crippen LogP contribution in [0.1, 0.15) is 31.3 Å². The number of hydrogen-bond acceptors (Lipinski definition) is 9. The number of fused-ring (bicyclic) bond motifs is 1. The second-order valence-corrected chi connectivity index (χ2v) is 13.0. The van der Waals surface area contributed by atoms with Crippen LogP contribution in [-0.2, 0) is 23.6 Å². The lowest BCUT2D eigenvalue weighted by atomic mass is 10.2. The van der Waals surface area contributed by atoms with Crippen LogP contribution >= 0.6 is 18.5 Å². The zero-order valence-electron chi connectivity index (χ0n) is 24.9. The molecule has 3 aromatic rings. The summed E-state index contributed by atoms with van der Waals surface area (Å²) >= 11 is 0. The maximum Gasteiger partial charge on any atom is 0.332 e. The molecule has 2 unspecified atom stereocenters. The van der Waals surface area contributed by atoms with Crippen LogP contribution in [0.15, 0.2) is 42.6 Å². The summed E-state index contributed by atoms with van der Waals surface area (Å²) in [5.74, 6) is 0.785. The van der Waals surface area contributed by atoms with Crippen LogP contribution in [0.5, 0.6) is 0 Å². The van der Waals surface area contributed by atoms with Crippen molar-refractivity contribution in [3.05, 3.63) is 48.3 Å². The van der Waals surface area contributed by atoms with Crippen molar-refractivity contribution in [2.24, 2.45) is 0 Å². The summed E-state index contributed by atoms with van der Waals surface area (Å²) in [6.07, 6.45) is 2.90. The van der Waals surface area contributed by atoms with Gasteiger partial charge in [-0.1, -0.05) is 0 Å². The molecule has 2 aromatic heterocycles. The van der Waals surface area contributed by atoms with E-state index in [0.29, 0.717) is 57.3 Å². The van der Waals surface area contributed by atoms with Crippen molar-refractivity contribution in [3.63, 3.8) is 0 Å². The normalized spacial score (nSPS) is 14.6. The number of anilines is 3. The van der Waals surface area contributed by atoms with Crippen LogP contribution in [-0.4, -0.2) is 94.5 Å². The monoisotopic (exact) mass is 640 g/mol. The fourth-order valence-electron chi connectivity index (χ4n) is 4.79. The number of amides is 1. The lowest BCUT2D eigenvalue weighted by molar-refractivity contribution is 0.0741. The number of aromatic nitrogens is 2. The van der Waals surface area contributed by atoms with E-state index in [1.165, 1.54) is 0 Å². The Morgan fingerprint density at radius 2 is 1.90 bits per heavy atom. The molecule has 42 heavy (non-hydrogen) atoms. The van der Waals surface area contributed by atoms with Gasteiger partial charge in [0.05, 0.1) is 25.2 Å². The van der Waals surface area contributed by atoms with Gasteiger partial charge >= 0.3 is 8.60 Å². The van der Waals surface area contributed by atoms with E-state index >= 15 is 0 Å². The largest absolute Gasteiger partial charge is 0.364 e. The molecule has 1 aliphatic heterocycles. The molecule has 3 heterocycles. The SMILES string of the molecule is CCOP(OC)OCCN(c1cccnc1N1CCN(C(=O)c2cc3cc(NS(C)(=O)=O)ccc3[nH]2)CC1)C(C)C.P. The zero-order valence-corrected chi connectivity index (χ0v) is 28.0. The molecule has 1 aromatic carbocycles. The first-order valence-corrected chi connectivity index (χ1v) is 16.5. The maximum absolute atomic E-state index is 13.3. The van der Waals surface area contributed by atoms with Gasteiger partial charge in [0.15, 0.2) is 5.82 Å². The lowest BCUT2D eigenvalue weighted by Crippen LogP contribution is -2.49. The van der Waals surface area contributed by atoms with E-state index in [1.807, 2.05) is 17.9 Å². The first kappa shape index (κ1) is 34.0. The van der Waals surface area contributed by atoms with Crippen molar-refractivity contribution in [1.29, 1.82) is 0 Å². The average molecular weight is 641 g/mol. The summed E-state index contributed by atoms with van der Waals surface area (Å²) in [5, 5.41) is 0.760. The third kappa shape index (κ3) is 8.75. The van der Waals surface area contributed by atoms with Gasteiger partial charge in [-0.05, 0) is 57.2 Å². The van der Waals surface area contributed by atoms with Gasteiger partial charge in [0, 0.05) is 68.7 Å². The lowest BCUT2D eigenvalue weighted by Gasteiger charge is -2.38. The van der Waals surface area contributed by atoms with Crippen LogP contribution in [0.3, 0.4) is 0 Å². The Hall–Kier alpha value is -2.53. The van der Waals surface area contributed by atoms with Gasteiger partial charge in [-0.3, -0.25) is 9.52 Å². The summed E-state index contributed by atoms with van der Waals surface area (Å²) < 4.78 is 42.2. The third-order valence-electron chi connectivity index (χ3n) is 6.63. The second-order valence-electron chi connectivity index (χ2n) is 9.93. The summed E-state index contributed by atoms with van der Waals surface area (Å²) in [6.45, 7) is 10.2. The van der Waals surface area contributed by atoms with Crippen LogP contribution < -0.4 is 14.5 Å². The van der Waals surface area contributed by atoms with E-state index in [1.54, 1.807) is 37.6 Å². The van der Waals surface area contributed by atoms with Gasteiger partial charge in [-0.2, -0.15) is 9.90 Å². The molecule has 4 rings (SSSR count). The van der Waals surface area contributed by atoms with Crippen molar-refractivity contribution < 1.29 is 26.8 Å². The Kier molecular flexibility index (Phi) is 12.4. The molecule has 1 fully saturated rings. The number of carbonyl (C=O) groups excluding carboxylic acids is 1. The molecule has 15 heteroatoms. The highest BCUT2D eigenvalue weighted by Crippen LogP contribution is 2.38. The molecule has 12 nitrogen and oxygen atoms in total. The topological polar surface area (TPSA) is 129 Å². The fourth-order valence-corrected chi connectivity index (χ4v) is 6.07. The van der Waals surface area contributed by atoms with E-state index < -0.39 is 18.6 Å². The van der Waals surface area contributed by atoms with E-state index in [9.17, 15) is 13.2 Å². The highest BCUT2D eigenvalue weighted by atomic mass is 32.2. The number of aromatic amines is 1. The minimum absolute atomic E-state index is 0. The number of sulfonamides is 1. The molecule has 2 N–H and O–H groups in total. The number of pyridine rings is 1. The maximum atomic E-state index is 13.3. The van der Waals surface area contributed by atoms with Gasteiger partial charge in [0.2, 0.25) is 10.0 Å². The molecule has 0 spiro atoms. The molecule has 1 aliphatic rings. The number of hydrogen-bond donors (Lipinski definition) is 2. The molecule has 0 saturated carbocycles. The number of nitrogens with one attached hydrogen (secondary N) is 2. The molecule has 1 amide bonds. The highest BCUT2D eigenvalue weighted by Gasteiger charge is 2.27. The zero-order chi connectivity index (χ0) is 29.6. The summed E-state index contributed by atoms with van der Waals surface area (Å²) in [7, 11) is -3.17. The van der Waals surface area contributed by atoms with E-state index in [0.717, 1.165) is 28.7 Å². The summed E-state index contributed by atoms with van der Waals surface area (Å²) in [5.41, 5.74) is 2.70. The first-order valence-electron chi connectivity index (χ1n) is 13.6. The summed E-state index contributed by atoms with van der Waals surface area (Å²) in [6, 6.07) is 11.1. The first-order chi connectivity index (χ1) is 19.6. The van der Waals surface area contributed by atoms with Crippen molar-refractivity contribution in [1.82, 2.24) is 14.9 Å². The highest BCUT2D eigenvalue weighted by molar-refractivity contribution is 7.92. The van der Waals surface area contributed by atoms with Gasteiger partial charge in [0.1, 0.15) is 5.69 Å². The van der Waals surface area contributed by atoms with Gasteiger partial charge in [-0.15, -0.1) is 0 Å². The Bertz CT molecular complexity index is 1430. The van der Waals surface area contributed by atoms with Crippen molar-refractivity contribution in [3.8, 4) is 0 Å². The molecule has 232 valence electrons. The Morgan fingerprint density at radius 1 is 1.17 bits per heavy atom. The van der Waals surface area contributed by atoms with Crippen molar-refractivity contribution >= 4 is 62.5 Å². The number of nitrogens with zero attached hydrogens (tertiary/aromatic N) is 4. The van der Waals surface area contributed by atoms with E-state index in [4.69, 9.17) is 18.6 Å². The Morgan fingerprint density at radius 3 is 2.55 bits per heavy atom. The van der Waals surface area contributed by atoms with Crippen molar-refractivity contribution in [2.45, 2.75) is 26.8 Å². The molecule has 0 bridgehead atoms. The van der Waals surface area contributed by atoms with Gasteiger partial charge < -0.3 is 33.3 Å². The Labute approximate surface area is 252 Å². The number of rotatable bonds is 13. The fraction of sp³-hybridized carbons (Fsp3) is 0.481. The number of H-pyrrole nitrogens is 1. The molecule has 2 atom stereocenters. The van der Waals surface area contributed by atoms with Gasteiger partial charge in [0.25, 0.3) is 5.91 Å². The minimum atomic E-state index is -3.39. The van der Waals surface area contributed by atoms with Crippen LogP contribution in [0.25, 0.3) is 10.9 Å².